The number of benzene rings is 4. The highest BCUT2D eigenvalue weighted by atomic mass is 32.2. The van der Waals surface area contributed by atoms with Crippen LogP contribution >= 0.6 is 0 Å². The van der Waals surface area contributed by atoms with Gasteiger partial charge in [0.05, 0.1) is 17.2 Å². The third kappa shape index (κ3) is 9.68. The molecule has 0 saturated heterocycles. The van der Waals surface area contributed by atoms with E-state index in [-0.39, 0.29) is 23.8 Å². The number of unbranched alkanes of at least 4 members (excludes halogenated alkanes) is 1. The lowest BCUT2D eigenvalue weighted by Crippen LogP contribution is -2.53. The third-order valence-electron chi connectivity index (χ3n) is 7.86. The predicted molar refractivity (Wildman–Crippen MR) is 187 cm³/mol. The Balaban J connectivity index is 1.78. The lowest BCUT2D eigenvalue weighted by molar-refractivity contribution is -0.140. The maximum Gasteiger partial charge on any atom is 0.264 e. The maximum absolute atomic E-state index is 14.6. The van der Waals surface area contributed by atoms with Gasteiger partial charge in [0.1, 0.15) is 18.3 Å². The molecule has 0 saturated carbocycles. The van der Waals surface area contributed by atoms with Gasteiger partial charge in [-0.25, -0.2) is 8.42 Å². The molecule has 0 aromatic heterocycles. The normalized spacial score (nSPS) is 11.8. The Kier molecular flexibility index (Phi) is 12.6. The van der Waals surface area contributed by atoms with E-state index in [1.807, 2.05) is 94.4 Å². The highest BCUT2D eigenvalue weighted by Crippen LogP contribution is 2.27. The zero-order valence-electron chi connectivity index (χ0n) is 27.7. The predicted octanol–water partition coefficient (Wildman–Crippen LogP) is 6.45. The summed E-state index contributed by atoms with van der Waals surface area (Å²) in [5, 5.41) is 3.02. The van der Waals surface area contributed by atoms with E-state index < -0.39 is 28.5 Å². The number of hydrogen-bond acceptors (Lipinski definition) is 5. The average Bonchev–Trinajstić information content (AvgIpc) is 3.06. The minimum absolute atomic E-state index is 0.0257. The number of anilines is 1. The van der Waals surface area contributed by atoms with Crippen molar-refractivity contribution < 1.29 is 22.7 Å². The van der Waals surface area contributed by atoms with Gasteiger partial charge in [-0.15, -0.1) is 0 Å². The number of rotatable bonds is 16. The topological polar surface area (TPSA) is 96.0 Å². The van der Waals surface area contributed by atoms with Crippen LogP contribution in [0.3, 0.4) is 0 Å². The lowest BCUT2D eigenvalue weighted by Gasteiger charge is -2.34. The van der Waals surface area contributed by atoms with Crippen LogP contribution in [0, 0.1) is 13.8 Å². The summed E-state index contributed by atoms with van der Waals surface area (Å²) >= 11 is 0. The number of sulfonamides is 1. The molecule has 0 aliphatic rings. The van der Waals surface area contributed by atoms with Crippen molar-refractivity contribution in [2.45, 2.75) is 64.4 Å². The van der Waals surface area contributed by atoms with Crippen LogP contribution in [-0.4, -0.2) is 50.9 Å². The van der Waals surface area contributed by atoms with Gasteiger partial charge in [0.2, 0.25) is 11.8 Å². The summed E-state index contributed by atoms with van der Waals surface area (Å²) in [6.07, 6.45) is 1.98. The number of hydrogen-bond donors (Lipinski definition) is 1. The zero-order chi connectivity index (χ0) is 33.8. The van der Waals surface area contributed by atoms with Gasteiger partial charge in [-0.05, 0) is 74.7 Å². The second kappa shape index (κ2) is 16.8. The van der Waals surface area contributed by atoms with Crippen LogP contribution in [0.1, 0.15) is 48.9 Å². The van der Waals surface area contributed by atoms with Crippen LogP contribution in [-0.2, 0) is 32.6 Å². The van der Waals surface area contributed by atoms with Gasteiger partial charge < -0.3 is 15.0 Å². The number of aryl methyl sites for hydroxylation is 2. The summed E-state index contributed by atoms with van der Waals surface area (Å²) < 4.78 is 35.2. The van der Waals surface area contributed by atoms with E-state index in [0.29, 0.717) is 24.6 Å². The smallest absolute Gasteiger partial charge is 0.264 e. The Bertz CT molecular complexity index is 1710. The summed E-state index contributed by atoms with van der Waals surface area (Å²) in [5.74, 6) is -0.223. The number of carbonyl (C=O) groups excluding carboxylic acids is 2. The van der Waals surface area contributed by atoms with E-state index in [1.165, 1.54) is 17.0 Å². The molecular formula is C38H45N3O5S. The highest BCUT2D eigenvalue weighted by molar-refractivity contribution is 7.92. The Morgan fingerprint density at radius 2 is 1.49 bits per heavy atom. The molecule has 0 unspecified atom stereocenters. The maximum atomic E-state index is 14.6. The molecule has 1 atom stereocenters. The van der Waals surface area contributed by atoms with Crippen LogP contribution in [0.15, 0.2) is 108 Å². The molecule has 8 nitrogen and oxygen atoms in total. The molecular weight excluding hydrogens is 611 g/mol. The highest BCUT2D eigenvalue weighted by Gasteiger charge is 2.34. The number of ether oxygens (including phenoxy) is 1. The Hall–Kier alpha value is -4.63. The van der Waals surface area contributed by atoms with Gasteiger partial charge in [0.15, 0.2) is 0 Å². The molecule has 0 radical (unpaired) electrons. The van der Waals surface area contributed by atoms with E-state index in [4.69, 9.17) is 4.74 Å². The molecule has 4 aromatic rings. The van der Waals surface area contributed by atoms with Crippen molar-refractivity contribution in [1.82, 2.24) is 10.2 Å². The largest absolute Gasteiger partial charge is 0.494 e. The van der Waals surface area contributed by atoms with Crippen molar-refractivity contribution in [3.63, 3.8) is 0 Å². The molecule has 248 valence electrons. The van der Waals surface area contributed by atoms with E-state index in [9.17, 15) is 18.0 Å². The molecule has 2 amide bonds. The molecule has 4 rings (SSSR count). The van der Waals surface area contributed by atoms with Gasteiger partial charge in [-0.2, -0.15) is 0 Å². The van der Waals surface area contributed by atoms with E-state index >= 15 is 0 Å². The summed E-state index contributed by atoms with van der Waals surface area (Å²) in [6, 6.07) is 29.6. The van der Waals surface area contributed by atoms with Crippen molar-refractivity contribution in [3.05, 3.63) is 125 Å². The van der Waals surface area contributed by atoms with E-state index in [2.05, 4.69) is 5.32 Å². The van der Waals surface area contributed by atoms with Crippen LogP contribution in [0.2, 0.25) is 0 Å². The van der Waals surface area contributed by atoms with Crippen LogP contribution in [0.25, 0.3) is 0 Å². The molecule has 0 aliphatic heterocycles. The fourth-order valence-electron chi connectivity index (χ4n) is 5.31. The first-order chi connectivity index (χ1) is 22.6. The minimum Gasteiger partial charge on any atom is -0.494 e. The summed E-state index contributed by atoms with van der Waals surface area (Å²) in [5.41, 5.74) is 4.05. The van der Waals surface area contributed by atoms with Gasteiger partial charge in [0.25, 0.3) is 10.0 Å². The van der Waals surface area contributed by atoms with Crippen LogP contribution in [0.5, 0.6) is 5.75 Å². The van der Waals surface area contributed by atoms with Crippen molar-refractivity contribution >= 4 is 27.5 Å². The second-order valence-corrected chi connectivity index (χ2v) is 13.5. The van der Waals surface area contributed by atoms with Crippen molar-refractivity contribution in [1.29, 1.82) is 0 Å². The average molecular weight is 656 g/mol. The van der Waals surface area contributed by atoms with Crippen molar-refractivity contribution in [2.24, 2.45) is 0 Å². The molecule has 4 aromatic carbocycles. The van der Waals surface area contributed by atoms with E-state index in [1.54, 1.807) is 24.3 Å². The fraction of sp³-hybridized carbons (Fsp3) is 0.316. The summed E-state index contributed by atoms with van der Waals surface area (Å²) in [4.78, 5) is 30.0. The van der Waals surface area contributed by atoms with Gasteiger partial charge in [-0.1, -0.05) is 91.2 Å². The first-order valence-corrected chi connectivity index (χ1v) is 17.5. The first-order valence-electron chi connectivity index (χ1n) is 16.1. The lowest BCUT2D eigenvalue weighted by atomic mass is 10.0. The quantitative estimate of drug-likeness (QED) is 0.140. The van der Waals surface area contributed by atoms with E-state index in [0.717, 1.165) is 39.4 Å². The molecule has 0 heterocycles. The van der Waals surface area contributed by atoms with Gasteiger partial charge in [0, 0.05) is 19.5 Å². The van der Waals surface area contributed by atoms with Crippen molar-refractivity contribution in [3.8, 4) is 5.75 Å². The number of amides is 2. The third-order valence-corrected chi connectivity index (χ3v) is 9.65. The Morgan fingerprint density at radius 3 is 2.13 bits per heavy atom. The minimum atomic E-state index is -4.20. The SMILES string of the molecule is CCCCNC(=O)[C@@H](Cc1ccccc1)N(Cc1cccc(C)c1)C(=O)CN(c1ccc(C)cc1)S(=O)(=O)c1ccc(OCC)cc1. The molecule has 0 fully saturated rings. The number of nitrogens with zero attached hydrogens (tertiary/aromatic N) is 2. The number of nitrogens with one attached hydrogen (secondary N) is 1. The fourth-order valence-corrected chi connectivity index (χ4v) is 6.72. The molecule has 9 heteroatoms. The summed E-state index contributed by atoms with van der Waals surface area (Å²) in [7, 11) is -4.20. The van der Waals surface area contributed by atoms with Crippen molar-refractivity contribution in [2.75, 3.05) is 24.0 Å². The molecule has 0 bridgehead atoms. The van der Waals surface area contributed by atoms with Crippen LogP contribution in [0.4, 0.5) is 5.69 Å². The second-order valence-electron chi connectivity index (χ2n) is 11.6. The monoisotopic (exact) mass is 655 g/mol. The molecule has 1 N–H and O–H groups in total. The zero-order valence-corrected chi connectivity index (χ0v) is 28.5. The Labute approximate surface area is 279 Å². The molecule has 0 spiro atoms. The first kappa shape index (κ1) is 35.2. The molecule has 47 heavy (non-hydrogen) atoms. The number of carbonyl (C=O) groups is 2. The van der Waals surface area contributed by atoms with Gasteiger partial charge >= 0.3 is 0 Å². The van der Waals surface area contributed by atoms with Gasteiger partial charge in [-0.3, -0.25) is 13.9 Å². The Morgan fingerprint density at radius 1 is 0.809 bits per heavy atom. The van der Waals surface area contributed by atoms with Crippen LogP contribution < -0.4 is 14.4 Å². The summed E-state index contributed by atoms with van der Waals surface area (Å²) in [6.45, 7) is 8.34. The standard InChI is InChI=1S/C38H45N3O5S/c1-5-7-24-39-38(43)36(26-31-13-9-8-10-14-31)40(27-32-15-11-12-30(4)25-32)37(42)28-41(33-18-16-29(3)17-19-33)47(44,45)35-22-20-34(21-23-35)46-6-2/h8-23,25,36H,5-7,24,26-28H2,1-4H3,(H,39,43)/t36-/m1/s1. The molecule has 0 aliphatic carbocycles.